The van der Waals surface area contributed by atoms with E-state index in [-0.39, 0.29) is 23.5 Å². The van der Waals surface area contributed by atoms with E-state index in [0.29, 0.717) is 17.9 Å². The molecule has 2 amide bonds. The van der Waals surface area contributed by atoms with Crippen LogP contribution >= 0.6 is 0 Å². The predicted molar refractivity (Wildman–Crippen MR) is 118 cm³/mol. The standard InChI is InChI=1S/C23H30N4O4/c1-15(2)31-22(29)26-10-16(3)27(17(4)28)20-7-6-18(8-21(20)26)19-9-24-25(11-19)12-23(5)13-30-14-23/h6-9,11,15-16H,10,12-14H2,1-5H3. The van der Waals surface area contributed by atoms with Gasteiger partial charge < -0.3 is 14.4 Å². The lowest BCUT2D eigenvalue weighted by atomic mass is 9.89. The highest BCUT2D eigenvalue weighted by Crippen LogP contribution is 2.39. The minimum Gasteiger partial charge on any atom is -0.446 e. The van der Waals surface area contributed by atoms with Gasteiger partial charge in [-0.3, -0.25) is 14.4 Å². The molecule has 3 heterocycles. The molecule has 31 heavy (non-hydrogen) atoms. The molecule has 0 saturated carbocycles. The quantitative estimate of drug-likeness (QED) is 0.745. The Morgan fingerprint density at radius 3 is 2.61 bits per heavy atom. The van der Waals surface area contributed by atoms with E-state index in [2.05, 4.69) is 12.0 Å². The van der Waals surface area contributed by atoms with Crippen LogP contribution in [0.3, 0.4) is 0 Å². The Kier molecular flexibility index (Phi) is 5.51. The van der Waals surface area contributed by atoms with E-state index in [0.717, 1.165) is 30.9 Å². The third-order valence-electron chi connectivity index (χ3n) is 5.72. The molecule has 2 aliphatic rings. The Morgan fingerprint density at radius 1 is 1.26 bits per heavy atom. The number of hydrogen-bond donors (Lipinski definition) is 0. The van der Waals surface area contributed by atoms with Gasteiger partial charge in [0.2, 0.25) is 5.91 Å². The fourth-order valence-corrected chi connectivity index (χ4v) is 4.25. The molecule has 1 fully saturated rings. The molecule has 1 atom stereocenters. The van der Waals surface area contributed by atoms with Gasteiger partial charge in [0.15, 0.2) is 0 Å². The highest BCUT2D eigenvalue weighted by molar-refractivity contribution is 6.03. The van der Waals surface area contributed by atoms with Gasteiger partial charge in [-0.25, -0.2) is 4.79 Å². The first-order chi connectivity index (χ1) is 14.7. The molecule has 1 aromatic carbocycles. The molecule has 0 aliphatic carbocycles. The van der Waals surface area contributed by atoms with Gasteiger partial charge in [0.25, 0.3) is 0 Å². The topological polar surface area (TPSA) is 76.9 Å². The van der Waals surface area contributed by atoms with Crippen molar-refractivity contribution in [3.8, 4) is 11.1 Å². The number of aromatic nitrogens is 2. The number of benzene rings is 1. The molecule has 0 bridgehead atoms. The Bertz CT molecular complexity index is 995. The average molecular weight is 427 g/mol. The van der Waals surface area contributed by atoms with Crippen LogP contribution in [0.4, 0.5) is 16.2 Å². The Morgan fingerprint density at radius 2 is 2.00 bits per heavy atom. The smallest absolute Gasteiger partial charge is 0.414 e. The summed E-state index contributed by atoms with van der Waals surface area (Å²) in [6.45, 7) is 12.0. The largest absolute Gasteiger partial charge is 0.446 e. The van der Waals surface area contributed by atoms with Gasteiger partial charge in [0.05, 0.1) is 49.5 Å². The zero-order valence-electron chi connectivity index (χ0n) is 18.8. The maximum Gasteiger partial charge on any atom is 0.414 e. The first-order valence-corrected chi connectivity index (χ1v) is 10.7. The summed E-state index contributed by atoms with van der Waals surface area (Å²) in [4.78, 5) is 28.5. The van der Waals surface area contributed by atoms with Crippen molar-refractivity contribution in [1.82, 2.24) is 9.78 Å². The Hall–Kier alpha value is -2.87. The van der Waals surface area contributed by atoms with Crippen LogP contribution in [0.25, 0.3) is 11.1 Å². The lowest BCUT2D eigenvalue weighted by Gasteiger charge is -2.40. The first kappa shape index (κ1) is 21.4. The summed E-state index contributed by atoms with van der Waals surface area (Å²) in [7, 11) is 0. The summed E-state index contributed by atoms with van der Waals surface area (Å²) in [5.74, 6) is -0.0536. The van der Waals surface area contributed by atoms with Crippen molar-refractivity contribution < 1.29 is 19.1 Å². The van der Waals surface area contributed by atoms with Crippen molar-refractivity contribution >= 4 is 23.4 Å². The van der Waals surface area contributed by atoms with Gasteiger partial charge in [-0.05, 0) is 38.5 Å². The van der Waals surface area contributed by atoms with Crippen molar-refractivity contribution in [2.24, 2.45) is 5.41 Å². The van der Waals surface area contributed by atoms with Gasteiger partial charge in [-0.1, -0.05) is 13.0 Å². The molecule has 0 N–H and O–H groups in total. The van der Waals surface area contributed by atoms with E-state index in [4.69, 9.17) is 9.47 Å². The number of carbonyl (C=O) groups excluding carboxylic acids is 2. The van der Waals surface area contributed by atoms with Crippen LogP contribution in [0.2, 0.25) is 0 Å². The molecule has 4 rings (SSSR count). The minimum absolute atomic E-state index is 0.0536. The second-order valence-electron chi connectivity index (χ2n) is 9.21. The highest BCUT2D eigenvalue weighted by Gasteiger charge is 2.36. The van der Waals surface area contributed by atoms with E-state index >= 15 is 0 Å². The van der Waals surface area contributed by atoms with Crippen molar-refractivity contribution in [2.75, 3.05) is 29.6 Å². The molecular formula is C23H30N4O4. The molecule has 8 heteroatoms. The van der Waals surface area contributed by atoms with Crippen LogP contribution in [-0.4, -0.2) is 53.7 Å². The van der Waals surface area contributed by atoms with E-state index in [1.165, 1.54) is 0 Å². The number of fused-ring (bicyclic) bond motifs is 1. The molecular weight excluding hydrogens is 396 g/mol. The summed E-state index contributed by atoms with van der Waals surface area (Å²) in [5, 5.41) is 4.51. The number of rotatable bonds is 4. The van der Waals surface area contributed by atoms with Crippen LogP contribution in [0, 0.1) is 5.41 Å². The molecule has 1 unspecified atom stereocenters. The third-order valence-corrected chi connectivity index (χ3v) is 5.72. The van der Waals surface area contributed by atoms with E-state index in [1.54, 1.807) is 16.7 Å². The first-order valence-electron chi connectivity index (χ1n) is 10.7. The zero-order valence-corrected chi connectivity index (χ0v) is 18.8. The van der Waals surface area contributed by atoms with Crippen LogP contribution < -0.4 is 9.80 Å². The maximum absolute atomic E-state index is 12.8. The summed E-state index contributed by atoms with van der Waals surface area (Å²) in [5.41, 5.74) is 3.39. The van der Waals surface area contributed by atoms with Crippen LogP contribution in [-0.2, 0) is 20.8 Å². The molecule has 2 aromatic rings. The lowest BCUT2D eigenvalue weighted by molar-refractivity contribution is -0.117. The molecule has 1 saturated heterocycles. The molecule has 8 nitrogen and oxygen atoms in total. The lowest BCUT2D eigenvalue weighted by Crippen LogP contribution is -2.51. The number of anilines is 2. The number of nitrogens with zero attached hydrogens (tertiary/aromatic N) is 4. The normalized spacial score (nSPS) is 19.7. The van der Waals surface area contributed by atoms with Crippen molar-refractivity contribution in [3.63, 3.8) is 0 Å². The average Bonchev–Trinajstić information content (AvgIpc) is 3.13. The zero-order chi connectivity index (χ0) is 22.3. The van der Waals surface area contributed by atoms with Crippen LogP contribution in [0.5, 0.6) is 0 Å². The highest BCUT2D eigenvalue weighted by atomic mass is 16.6. The Balaban J connectivity index is 1.69. The number of ether oxygens (including phenoxy) is 2. The molecule has 0 spiro atoms. The summed E-state index contributed by atoms with van der Waals surface area (Å²) in [6, 6.07) is 5.65. The summed E-state index contributed by atoms with van der Waals surface area (Å²) < 4.78 is 12.7. The van der Waals surface area contributed by atoms with Crippen molar-refractivity contribution in [3.05, 3.63) is 30.6 Å². The molecule has 1 aromatic heterocycles. The number of carbonyl (C=O) groups is 2. The fraction of sp³-hybridized carbons (Fsp3) is 0.522. The second kappa shape index (κ2) is 8.00. The Labute approximate surface area is 182 Å². The number of hydrogen-bond acceptors (Lipinski definition) is 5. The van der Waals surface area contributed by atoms with E-state index in [9.17, 15) is 9.59 Å². The van der Waals surface area contributed by atoms with Crippen LogP contribution in [0.1, 0.15) is 34.6 Å². The van der Waals surface area contributed by atoms with Gasteiger partial charge in [0, 0.05) is 30.6 Å². The molecule has 0 radical (unpaired) electrons. The van der Waals surface area contributed by atoms with Gasteiger partial charge in [-0.2, -0.15) is 5.10 Å². The van der Waals surface area contributed by atoms with E-state index in [1.807, 2.05) is 56.0 Å². The monoisotopic (exact) mass is 426 g/mol. The molecule has 2 aliphatic heterocycles. The minimum atomic E-state index is -0.406. The van der Waals surface area contributed by atoms with Crippen molar-refractivity contribution in [1.29, 1.82) is 0 Å². The summed E-state index contributed by atoms with van der Waals surface area (Å²) >= 11 is 0. The van der Waals surface area contributed by atoms with Crippen molar-refractivity contribution in [2.45, 2.75) is 53.3 Å². The third kappa shape index (κ3) is 4.17. The van der Waals surface area contributed by atoms with Gasteiger partial charge >= 0.3 is 6.09 Å². The van der Waals surface area contributed by atoms with Gasteiger partial charge in [-0.15, -0.1) is 0 Å². The number of amides is 2. The predicted octanol–water partition coefficient (Wildman–Crippen LogP) is 3.69. The fourth-order valence-electron chi connectivity index (χ4n) is 4.25. The summed E-state index contributed by atoms with van der Waals surface area (Å²) in [6.07, 6.45) is 3.21. The van der Waals surface area contributed by atoms with Crippen LogP contribution in [0.15, 0.2) is 30.6 Å². The second-order valence-corrected chi connectivity index (χ2v) is 9.21. The SMILES string of the molecule is CC(=O)N1c2ccc(-c3cnn(CC4(C)COC4)c3)cc2N(C(=O)OC(C)C)CC1C. The van der Waals surface area contributed by atoms with Gasteiger partial charge in [0.1, 0.15) is 0 Å². The maximum atomic E-state index is 12.8. The van der Waals surface area contributed by atoms with E-state index < -0.39 is 6.09 Å². The molecule has 166 valence electrons.